The van der Waals surface area contributed by atoms with E-state index in [1.807, 2.05) is 0 Å². The van der Waals surface area contributed by atoms with Gasteiger partial charge in [0.1, 0.15) is 16.7 Å². The van der Waals surface area contributed by atoms with Gasteiger partial charge in [-0.1, -0.05) is 32.3 Å². The highest BCUT2D eigenvalue weighted by Crippen LogP contribution is 2.36. The summed E-state index contributed by atoms with van der Waals surface area (Å²) in [6, 6.07) is 4.44. The first-order valence-electron chi connectivity index (χ1n) is 6.75. The van der Waals surface area contributed by atoms with E-state index in [0.717, 1.165) is 25.7 Å². The summed E-state index contributed by atoms with van der Waals surface area (Å²) in [5.41, 5.74) is -0.609. The quantitative estimate of drug-likeness (QED) is 0.626. The zero-order chi connectivity index (χ0) is 14.5. The van der Waals surface area contributed by atoms with Crippen molar-refractivity contribution in [2.45, 2.75) is 32.6 Å². The Balaban J connectivity index is 2.25. The van der Waals surface area contributed by atoms with Crippen LogP contribution >= 0.6 is 0 Å². The van der Waals surface area contributed by atoms with E-state index in [4.69, 9.17) is 9.15 Å². The first-order chi connectivity index (χ1) is 9.65. The smallest absolute Gasteiger partial charge is 0.383 e. The summed E-state index contributed by atoms with van der Waals surface area (Å²) in [7, 11) is 0. The van der Waals surface area contributed by atoms with Crippen molar-refractivity contribution in [2.24, 2.45) is 0 Å². The van der Waals surface area contributed by atoms with Gasteiger partial charge in [-0.25, -0.2) is 4.79 Å². The summed E-state index contributed by atoms with van der Waals surface area (Å²) in [6.45, 7) is 2.44. The minimum atomic E-state index is -0.740. The minimum Gasteiger partial charge on any atom is -0.507 e. The Morgan fingerprint density at radius 1 is 1.20 bits per heavy atom. The molecule has 5 heteroatoms. The summed E-state index contributed by atoms with van der Waals surface area (Å²) in [4.78, 5) is 11.8. The normalized spacial score (nSPS) is 10.8. The SMILES string of the molecule is CCCCCCOc1c(O)c2c(O)cccc2oc1=O. The van der Waals surface area contributed by atoms with Gasteiger partial charge in [0.15, 0.2) is 5.75 Å². The van der Waals surface area contributed by atoms with Crippen LogP contribution in [-0.2, 0) is 0 Å². The van der Waals surface area contributed by atoms with Gasteiger partial charge < -0.3 is 19.4 Å². The second-order valence-electron chi connectivity index (χ2n) is 4.63. The lowest BCUT2D eigenvalue weighted by Gasteiger charge is -2.09. The summed E-state index contributed by atoms with van der Waals surface area (Å²) < 4.78 is 10.3. The highest BCUT2D eigenvalue weighted by Gasteiger charge is 2.17. The molecular formula is C15H18O5. The van der Waals surface area contributed by atoms with Crippen LogP contribution in [0.25, 0.3) is 11.0 Å². The molecule has 0 spiro atoms. The molecule has 108 valence electrons. The molecule has 0 fully saturated rings. The Labute approximate surface area is 116 Å². The van der Waals surface area contributed by atoms with Crippen LogP contribution in [0.15, 0.2) is 27.4 Å². The molecule has 0 atom stereocenters. The maximum absolute atomic E-state index is 11.8. The Morgan fingerprint density at radius 2 is 2.00 bits per heavy atom. The molecule has 0 unspecified atom stereocenters. The largest absolute Gasteiger partial charge is 0.507 e. The number of hydrogen-bond donors (Lipinski definition) is 2. The third-order valence-corrected chi connectivity index (χ3v) is 3.09. The van der Waals surface area contributed by atoms with Gasteiger partial charge in [0, 0.05) is 0 Å². The van der Waals surface area contributed by atoms with Crippen LogP contribution < -0.4 is 10.4 Å². The van der Waals surface area contributed by atoms with E-state index >= 15 is 0 Å². The van der Waals surface area contributed by atoms with Gasteiger partial charge in [0.05, 0.1) is 6.61 Å². The molecule has 2 aromatic rings. The zero-order valence-electron chi connectivity index (χ0n) is 11.4. The van der Waals surface area contributed by atoms with E-state index in [9.17, 15) is 15.0 Å². The van der Waals surface area contributed by atoms with Crippen LogP contribution in [0, 0.1) is 0 Å². The lowest BCUT2D eigenvalue weighted by molar-refractivity contribution is 0.275. The number of hydrogen-bond acceptors (Lipinski definition) is 5. The molecule has 1 heterocycles. The van der Waals surface area contributed by atoms with Crippen molar-refractivity contribution in [3.05, 3.63) is 28.6 Å². The van der Waals surface area contributed by atoms with E-state index in [1.165, 1.54) is 18.2 Å². The molecule has 0 aliphatic rings. The highest BCUT2D eigenvalue weighted by molar-refractivity contribution is 5.90. The number of unbranched alkanes of at least 4 members (excludes halogenated alkanes) is 3. The van der Waals surface area contributed by atoms with E-state index in [0.29, 0.717) is 6.61 Å². The number of rotatable bonds is 6. The fraction of sp³-hybridized carbons (Fsp3) is 0.400. The number of phenolic OH excluding ortho intramolecular Hbond substituents is 1. The van der Waals surface area contributed by atoms with Crippen molar-refractivity contribution in [3.63, 3.8) is 0 Å². The predicted molar refractivity (Wildman–Crippen MR) is 75.5 cm³/mol. The fourth-order valence-corrected chi connectivity index (χ4v) is 2.03. The second kappa shape index (κ2) is 6.32. The molecule has 5 nitrogen and oxygen atoms in total. The molecule has 0 radical (unpaired) electrons. The standard InChI is InChI=1S/C15H18O5/c1-2-3-4-5-9-19-14-13(17)12-10(16)7-6-8-11(12)20-15(14)18/h6-8,16-17H,2-5,9H2,1H3. The molecule has 0 saturated heterocycles. The zero-order valence-corrected chi connectivity index (χ0v) is 11.4. The van der Waals surface area contributed by atoms with Crippen LogP contribution in [0.5, 0.6) is 17.2 Å². The Hall–Kier alpha value is -2.17. The van der Waals surface area contributed by atoms with Crippen LogP contribution in [0.4, 0.5) is 0 Å². The number of benzene rings is 1. The average Bonchev–Trinajstić information content (AvgIpc) is 2.41. The predicted octanol–water partition coefficient (Wildman–Crippen LogP) is 3.16. The van der Waals surface area contributed by atoms with Gasteiger partial charge in [0.2, 0.25) is 5.75 Å². The number of phenols is 1. The molecule has 20 heavy (non-hydrogen) atoms. The number of aromatic hydroxyl groups is 2. The third kappa shape index (κ3) is 2.87. The van der Waals surface area contributed by atoms with E-state index < -0.39 is 5.63 Å². The maximum Gasteiger partial charge on any atom is 0.383 e. The molecule has 2 N–H and O–H groups in total. The molecule has 1 aromatic heterocycles. The van der Waals surface area contributed by atoms with Crippen molar-refractivity contribution in [1.82, 2.24) is 0 Å². The van der Waals surface area contributed by atoms with Gasteiger partial charge in [0.25, 0.3) is 0 Å². The van der Waals surface area contributed by atoms with Crippen LogP contribution in [0.3, 0.4) is 0 Å². The van der Waals surface area contributed by atoms with Gasteiger partial charge in [-0.2, -0.15) is 0 Å². The molecule has 0 bridgehead atoms. The first-order valence-corrected chi connectivity index (χ1v) is 6.75. The van der Waals surface area contributed by atoms with Crippen molar-refractivity contribution in [2.75, 3.05) is 6.61 Å². The lowest BCUT2D eigenvalue weighted by atomic mass is 10.2. The molecule has 1 aromatic carbocycles. The van der Waals surface area contributed by atoms with Crippen LogP contribution in [-0.4, -0.2) is 16.8 Å². The number of fused-ring (bicyclic) bond motifs is 1. The fourth-order valence-electron chi connectivity index (χ4n) is 2.03. The Kier molecular flexibility index (Phi) is 4.50. The summed E-state index contributed by atoms with van der Waals surface area (Å²) >= 11 is 0. The summed E-state index contributed by atoms with van der Waals surface area (Å²) in [6.07, 6.45) is 4.01. The number of ether oxygens (including phenoxy) is 1. The maximum atomic E-state index is 11.8. The van der Waals surface area contributed by atoms with Crippen molar-refractivity contribution in [3.8, 4) is 17.2 Å². The molecule has 0 saturated carbocycles. The molecule has 0 amide bonds. The van der Waals surface area contributed by atoms with Crippen molar-refractivity contribution in [1.29, 1.82) is 0 Å². The van der Waals surface area contributed by atoms with Crippen LogP contribution in [0.1, 0.15) is 32.6 Å². The van der Waals surface area contributed by atoms with E-state index in [1.54, 1.807) is 0 Å². The van der Waals surface area contributed by atoms with Crippen LogP contribution in [0.2, 0.25) is 0 Å². The monoisotopic (exact) mass is 278 g/mol. The molecule has 0 aliphatic heterocycles. The van der Waals surface area contributed by atoms with Gasteiger partial charge >= 0.3 is 5.63 Å². The minimum absolute atomic E-state index is 0.0932. The summed E-state index contributed by atoms with van der Waals surface area (Å²) in [5, 5.41) is 19.9. The highest BCUT2D eigenvalue weighted by atomic mass is 16.5. The Bertz CT molecular complexity index is 644. The first kappa shape index (κ1) is 14.2. The average molecular weight is 278 g/mol. The summed E-state index contributed by atoms with van der Waals surface area (Å²) in [5.74, 6) is -0.764. The van der Waals surface area contributed by atoms with Crippen molar-refractivity contribution < 1.29 is 19.4 Å². The van der Waals surface area contributed by atoms with Gasteiger partial charge in [-0.3, -0.25) is 0 Å². The second-order valence-corrected chi connectivity index (χ2v) is 4.63. The van der Waals surface area contributed by atoms with Gasteiger partial charge in [-0.15, -0.1) is 0 Å². The van der Waals surface area contributed by atoms with Crippen molar-refractivity contribution >= 4 is 11.0 Å². The molecule has 0 aliphatic carbocycles. The van der Waals surface area contributed by atoms with Gasteiger partial charge in [-0.05, 0) is 18.6 Å². The molecular weight excluding hydrogens is 260 g/mol. The van der Waals surface area contributed by atoms with E-state index in [-0.39, 0.29) is 28.2 Å². The third-order valence-electron chi connectivity index (χ3n) is 3.09. The van der Waals surface area contributed by atoms with E-state index in [2.05, 4.69) is 6.92 Å². The topological polar surface area (TPSA) is 79.9 Å². The molecule has 2 rings (SSSR count). The lowest BCUT2D eigenvalue weighted by Crippen LogP contribution is -2.08. The Morgan fingerprint density at radius 3 is 2.75 bits per heavy atom.